The molecule has 5 heteroatoms. The summed E-state index contributed by atoms with van der Waals surface area (Å²) in [7, 11) is -1.85. The monoisotopic (exact) mass is 525 g/mol. The van der Waals surface area contributed by atoms with Gasteiger partial charge in [0, 0.05) is 18.2 Å². The lowest BCUT2D eigenvalue weighted by atomic mass is 9.35. The number of benzene rings is 4. The Balaban J connectivity index is 1.32. The number of allylic oxidation sites excluding steroid dienone is 2. The highest BCUT2D eigenvalue weighted by molar-refractivity contribution is 7.15. The molecular weight excluding hydrogens is 493 g/mol. The standard InChI is InChI=1S/C34H32BNO2Si/c1-3-39(4-2)32-18-10-5-12-25(32)35-24-21-20-23(22-31(24)38-30-17-11-19-33(39)34(30)35)36-26-13-6-8-15-28(26)37-29-16-9-7-14-27(29)36/h5-6,8,10-13,15,17-22H,3-4,7,9,14,16H2,1-2H3. The normalized spacial score (nSPS) is 17.7. The van der Waals surface area contributed by atoms with E-state index in [4.69, 9.17) is 9.47 Å². The van der Waals surface area contributed by atoms with Crippen molar-refractivity contribution in [1.29, 1.82) is 0 Å². The molecule has 0 aromatic heterocycles. The van der Waals surface area contributed by atoms with E-state index in [-0.39, 0.29) is 6.71 Å². The summed E-state index contributed by atoms with van der Waals surface area (Å²) in [6.07, 6.45) is 4.40. The first kappa shape index (κ1) is 23.2. The van der Waals surface area contributed by atoms with Gasteiger partial charge in [0.1, 0.15) is 25.3 Å². The molecule has 0 fully saturated rings. The van der Waals surface area contributed by atoms with Gasteiger partial charge in [-0.2, -0.15) is 0 Å². The molecule has 0 N–H and O–H groups in total. The van der Waals surface area contributed by atoms with E-state index in [1.165, 1.54) is 47.0 Å². The fraction of sp³-hybridized carbons (Fsp3) is 0.235. The van der Waals surface area contributed by atoms with Crippen LogP contribution in [0.3, 0.4) is 0 Å². The first-order chi connectivity index (χ1) is 19.2. The third-order valence-corrected chi connectivity index (χ3v) is 15.0. The largest absolute Gasteiger partial charge is 0.458 e. The zero-order chi connectivity index (χ0) is 26.1. The van der Waals surface area contributed by atoms with Gasteiger partial charge in [-0.15, -0.1) is 0 Å². The van der Waals surface area contributed by atoms with Crippen molar-refractivity contribution >= 4 is 52.9 Å². The van der Waals surface area contributed by atoms with Gasteiger partial charge in [-0.1, -0.05) is 96.4 Å². The van der Waals surface area contributed by atoms with Crippen molar-refractivity contribution in [3.63, 3.8) is 0 Å². The Labute approximate surface area is 232 Å². The van der Waals surface area contributed by atoms with Crippen molar-refractivity contribution in [3.8, 4) is 17.2 Å². The smallest absolute Gasteiger partial charge is 0.250 e. The van der Waals surface area contributed by atoms with Gasteiger partial charge in [-0.25, -0.2) is 0 Å². The van der Waals surface area contributed by atoms with Crippen LogP contribution in [0, 0.1) is 0 Å². The van der Waals surface area contributed by atoms with E-state index in [2.05, 4.69) is 104 Å². The fourth-order valence-electron chi connectivity index (χ4n) is 7.78. The van der Waals surface area contributed by atoms with Gasteiger partial charge >= 0.3 is 0 Å². The van der Waals surface area contributed by atoms with Gasteiger partial charge in [0.2, 0.25) is 0 Å². The van der Waals surface area contributed by atoms with Crippen LogP contribution in [0.5, 0.6) is 17.2 Å². The second kappa shape index (κ2) is 8.65. The second-order valence-corrected chi connectivity index (χ2v) is 16.0. The zero-order valence-electron chi connectivity index (χ0n) is 22.7. The average Bonchev–Trinajstić information content (AvgIpc) is 2.99. The summed E-state index contributed by atoms with van der Waals surface area (Å²) in [6, 6.07) is 33.9. The zero-order valence-corrected chi connectivity index (χ0v) is 23.7. The first-order valence-corrected chi connectivity index (χ1v) is 17.0. The Morgan fingerprint density at radius 3 is 2.38 bits per heavy atom. The number of rotatable bonds is 3. The molecule has 4 aromatic carbocycles. The molecule has 8 rings (SSSR count). The lowest BCUT2D eigenvalue weighted by molar-refractivity contribution is 0.363. The summed E-state index contributed by atoms with van der Waals surface area (Å²) in [5.74, 6) is 4.07. The molecule has 0 radical (unpaired) electrons. The Bertz CT molecular complexity index is 1670. The average molecular weight is 526 g/mol. The van der Waals surface area contributed by atoms with Crippen molar-refractivity contribution < 1.29 is 9.47 Å². The highest BCUT2D eigenvalue weighted by Gasteiger charge is 2.48. The van der Waals surface area contributed by atoms with E-state index in [9.17, 15) is 0 Å². The number of para-hydroxylation sites is 2. The molecular formula is C34H32BNO2Si. The summed E-state index contributed by atoms with van der Waals surface area (Å²) >= 11 is 0. The minimum atomic E-state index is -1.85. The van der Waals surface area contributed by atoms with Crippen molar-refractivity contribution in [2.75, 3.05) is 4.90 Å². The minimum absolute atomic E-state index is 0.213. The van der Waals surface area contributed by atoms with Crippen molar-refractivity contribution in [2.24, 2.45) is 0 Å². The molecule has 0 bridgehead atoms. The predicted molar refractivity (Wildman–Crippen MR) is 165 cm³/mol. The van der Waals surface area contributed by atoms with E-state index in [1.54, 1.807) is 10.4 Å². The Morgan fingerprint density at radius 2 is 1.49 bits per heavy atom. The maximum Gasteiger partial charge on any atom is 0.250 e. The molecule has 0 atom stereocenters. The maximum absolute atomic E-state index is 6.83. The van der Waals surface area contributed by atoms with Crippen LogP contribution in [-0.4, -0.2) is 14.8 Å². The Morgan fingerprint density at radius 1 is 0.718 bits per heavy atom. The molecule has 3 heterocycles. The summed E-state index contributed by atoms with van der Waals surface area (Å²) in [6.45, 7) is 5.00. The second-order valence-electron chi connectivity index (χ2n) is 11.3. The third-order valence-electron chi connectivity index (χ3n) is 9.65. The molecule has 0 amide bonds. The molecule has 192 valence electrons. The van der Waals surface area contributed by atoms with Gasteiger partial charge < -0.3 is 14.4 Å². The van der Waals surface area contributed by atoms with E-state index < -0.39 is 8.07 Å². The van der Waals surface area contributed by atoms with E-state index in [0.717, 1.165) is 47.2 Å². The Hall–Kier alpha value is -3.70. The lowest BCUT2D eigenvalue weighted by Crippen LogP contribution is -2.78. The van der Waals surface area contributed by atoms with Crippen molar-refractivity contribution in [2.45, 2.75) is 51.6 Å². The summed E-state index contributed by atoms with van der Waals surface area (Å²) in [5.41, 5.74) is 7.73. The number of anilines is 2. The number of ether oxygens (including phenoxy) is 2. The highest BCUT2D eigenvalue weighted by atomic mass is 28.3. The van der Waals surface area contributed by atoms with Crippen molar-refractivity contribution in [1.82, 2.24) is 0 Å². The van der Waals surface area contributed by atoms with Crippen LogP contribution in [0.4, 0.5) is 11.4 Å². The Kier molecular flexibility index (Phi) is 5.15. The number of hydrogen-bond donors (Lipinski definition) is 0. The third kappa shape index (κ3) is 3.17. The molecule has 0 saturated carbocycles. The van der Waals surface area contributed by atoms with E-state index in [1.807, 2.05) is 0 Å². The predicted octanol–water partition coefficient (Wildman–Crippen LogP) is 5.54. The number of hydrogen-bond acceptors (Lipinski definition) is 3. The molecule has 0 unspecified atom stereocenters. The lowest BCUT2D eigenvalue weighted by Gasteiger charge is -2.43. The molecule has 0 saturated heterocycles. The van der Waals surface area contributed by atoms with Crippen molar-refractivity contribution in [3.05, 3.63) is 96.4 Å². The highest BCUT2D eigenvalue weighted by Crippen LogP contribution is 2.47. The van der Waals surface area contributed by atoms with Gasteiger partial charge in [0.25, 0.3) is 6.71 Å². The van der Waals surface area contributed by atoms with Gasteiger partial charge in [-0.3, -0.25) is 0 Å². The molecule has 3 aliphatic heterocycles. The minimum Gasteiger partial charge on any atom is -0.458 e. The molecule has 4 aromatic rings. The van der Waals surface area contributed by atoms with Crippen LogP contribution in [0.15, 0.2) is 96.4 Å². The van der Waals surface area contributed by atoms with E-state index >= 15 is 0 Å². The maximum atomic E-state index is 6.83. The molecule has 3 nitrogen and oxygen atoms in total. The molecule has 1 aliphatic carbocycles. The van der Waals surface area contributed by atoms with Gasteiger partial charge in [0.15, 0.2) is 5.75 Å². The quantitative estimate of drug-likeness (QED) is 0.289. The van der Waals surface area contributed by atoms with Gasteiger partial charge in [0.05, 0.1) is 11.4 Å². The molecule has 0 spiro atoms. The topological polar surface area (TPSA) is 21.7 Å². The first-order valence-electron chi connectivity index (χ1n) is 14.6. The van der Waals surface area contributed by atoms with E-state index in [0.29, 0.717) is 0 Å². The van der Waals surface area contributed by atoms with Crippen LogP contribution in [0.2, 0.25) is 12.1 Å². The fourth-order valence-corrected chi connectivity index (χ4v) is 12.5. The van der Waals surface area contributed by atoms with Crippen LogP contribution in [0.25, 0.3) is 0 Å². The van der Waals surface area contributed by atoms with Crippen LogP contribution < -0.4 is 41.1 Å². The number of fused-ring (bicyclic) bond motifs is 5. The van der Waals surface area contributed by atoms with Crippen LogP contribution >= 0.6 is 0 Å². The number of nitrogens with zero attached hydrogens (tertiary/aromatic N) is 1. The molecule has 39 heavy (non-hydrogen) atoms. The molecule has 4 aliphatic rings. The van der Waals surface area contributed by atoms with Crippen LogP contribution in [0.1, 0.15) is 39.5 Å². The van der Waals surface area contributed by atoms with Crippen LogP contribution in [-0.2, 0) is 0 Å². The summed E-state index contributed by atoms with van der Waals surface area (Å²) in [4.78, 5) is 2.42. The summed E-state index contributed by atoms with van der Waals surface area (Å²) < 4.78 is 13.2. The summed E-state index contributed by atoms with van der Waals surface area (Å²) in [5, 5.41) is 3.18. The van der Waals surface area contributed by atoms with Gasteiger partial charge in [-0.05, 0) is 54.5 Å². The SMILES string of the molecule is CC[Si]1(CC)c2ccccc2B2c3ccc(N4C5=C(CCCC5)Oc5ccccc54)cc3Oc3cccc1c32.